The second kappa shape index (κ2) is 9.91. The Bertz CT molecular complexity index is 964. The van der Waals surface area contributed by atoms with Crippen molar-refractivity contribution in [2.24, 2.45) is 0 Å². The van der Waals surface area contributed by atoms with Crippen LogP contribution in [0.1, 0.15) is 29.7 Å². The van der Waals surface area contributed by atoms with Crippen LogP contribution in [-0.2, 0) is 11.2 Å². The smallest absolute Gasteiger partial charge is 0.264 e. The number of carbonyl (C=O) groups is 1. The fourth-order valence-corrected chi connectivity index (χ4v) is 3.00. The lowest BCUT2D eigenvalue weighted by molar-refractivity contribution is -0.117. The van der Waals surface area contributed by atoms with Crippen molar-refractivity contribution in [1.82, 2.24) is 5.32 Å². The highest BCUT2D eigenvalue weighted by Crippen LogP contribution is 2.22. The molecule has 0 aliphatic heterocycles. The first kappa shape index (κ1) is 19.9. The van der Waals surface area contributed by atoms with Crippen LogP contribution in [0.3, 0.4) is 0 Å². The lowest BCUT2D eigenvalue weighted by Gasteiger charge is -2.19. The second-order valence-corrected chi connectivity index (χ2v) is 6.59. The molecule has 29 heavy (non-hydrogen) atoms. The van der Waals surface area contributed by atoms with Crippen molar-refractivity contribution in [1.29, 1.82) is 5.26 Å². The number of hydrogen-bond donors (Lipinski definition) is 2. The van der Waals surface area contributed by atoms with Crippen LogP contribution >= 0.6 is 0 Å². The van der Waals surface area contributed by atoms with Crippen molar-refractivity contribution in [2.45, 2.75) is 19.4 Å². The molecule has 0 spiro atoms. The summed E-state index contributed by atoms with van der Waals surface area (Å²) in [7, 11) is 0. The molecule has 0 fully saturated rings. The summed E-state index contributed by atoms with van der Waals surface area (Å²) in [5.74, 6) is -0.428. The molecule has 3 aromatic rings. The average Bonchev–Trinajstić information content (AvgIpc) is 2.79. The van der Waals surface area contributed by atoms with Gasteiger partial charge in [0.05, 0.1) is 6.04 Å². The molecule has 0 aliphatic rings. The third-order valence-electron chi connectivity index (χ3n) is 4.65. The van der Waals surface area contributed by atoms with Gasteiger partial charge in [-0.25, -0.2) is 0 Å². The molecule has 0 saturated carbocycles. The Morgan fingerprint density at radius 2 is 1.48 bits per heavy atom. The first-order valence-electron chi connectivity index (χ1n) is 9.57. The molecule has 0 saturated heterocycles. The minimum Gasteiger partial charge on any atom is -0.360 e. The van der Waals surface area contributed by atoms with Crippen molar-refractivity contribution >= 4 is 11.6 Å². The van der Waals surface area contributed by atoms with E-state index in [0.29, 0.717) is 0 Å². The molecule has 3 aromatic carbocycles. The Kier molecular flexibility index (Phi) is 6.80. The van der Waals surface area contributed by atoms with E-state index in [1.807, 2.05) is 91.0 Å². The lowest BCUT2D eigenvalue weighted by atomic mass is 9.98. The maximum absolute atomic E-state index is 12.8. The standard InChI is InChI=1S/C25H23N3O/c1-2-19-13-15-23(16-14-19)27-18-22(17-26)25(29)28-24(20-9-5-3-6-10-20)21-11-7-4-8-12-21/h3-16,18,24,27H,2H2,1H3,(H,28,29)/b22-18-. The summed E-state index contributed by atoms with van der Waals surface area (Å²) in [6, 6.07) is 29.0. The zero-order valence-electron chi connectivity index (χ0n) is 16.3. The Hall–Kier alpha value is -3.84. The number of rotatable bonds is 7. The Balaban J connectivity index is 1.79. The Labute approximate surface area is 171 Å². The molecular weight excluding hydrogens is 358 g/mol. The predicted octanol–water partition coefficient (Wildman–Crippen LogP) is 4.97. The predicted molar refractivity (Wildman–Crippen MR) is 116 cm³/mol. The van der Waals surface area contributed by atoms with E-state index in [1.165, 1.54) is 11.8 Å². The van der Waals surface area contributed by atoms with E-state index in [9.17, 15) is 10.1 Å². The van der Waals surface area contributed by atoms with Crippen molar-refractivity contribution in [3.05, 3.63) is 113 Å². The van der Waals surface area contributed by atoms with E-state index in [-0.39, 0.29) is 11.6 Å². The van der Waals surface area contributed by atoms with Crippen molar-refractivity contribution in [2.75, 3.05) is 5.32 Å². The number of anilines is 1. The second-order valence-electron chi connectivity index (χ2n) is 6.59. The summed E-state index contributed by atoms with van der Waals surface area (Å²) in [4.78, 5) is 12.8. The van der Waals surface area contributed by atoms with Crippen LogP contribution in [0.4, 0.5) is 5.69 Å². The molecule has 0 heterocycles. The van der Waals surface area contributed by atoms with Crippen LogP contribution in [0.5, 0.6) is 0 Å². The van der Waals surface area contributed by atoms with E-state index < -0.39 is 5.91 Å². The number of benzene rings is 3. The minimum atomic E-state index is -0.428. The maximum Gasteiger partial charge on any atom is 0.264 e. The van der Waals surface area contributed by atoms with Gasteiger partial charge in [-0.2, -0.15) is 5.26 Å². The van der Waals surface area contributed by atoms with Gasteiger partial charge in [-0.05, 0) is 35.2 Å². The monoisotopic (exact) mass is 381 g/mol. The SMILES string of the molecule is CCc1ccc(N/C=C(/C#N)C(=O)NC(c2ccccc2)c2ccccc2)cc1. The number of nitrogens with one attached hydrogen (secondary N) is 2. The molecule has 0 aromatic heterocycles. The van der Waals surface area contributed by atoms with Crippen LogP contribution in [0.2, 0.25) is 0 Å². The van der Waals surface area contributed by atoms with Crippen molar-refractivity contribution < 1.29 is 4.79 Å². The van der Waals surface area contributed by atoms with Crippen LogP contribution in [0, 0.1) is 11.3 Å². The molecule has 0 radical (unpaired) electrons. The Morgan fingerprint density at radius 3 is 1.97 bits per heavy atom. The van der Waals surface area contributed by atoms with E-state index in [0.717, 1.165) is 23.2 Å². The van der Waals surface area contributed by atoms with Crippen LogP contribution in [0.25, 0.3) is 0 Å². The van der Waals surface area contributed by atoms with Gasteiger partial charge >= 0.3 is 0 Å². The number of aryl methyl sites for hydroxylation is 1. The van der Waals surface area contributed by atoms with E-state index >= 15 is 0 Å². The summed E-state index contributed by atoms with van der Waals surface area (Å²) >= 11 is 0. The number of nitriles is 1. The van der Waals surface area contributed by atoms with Gasteiger partial charge < -0.3 is 10.6 Å². The quantitative estimate of drug-likeness (QED) is 0.448. The highest BCUT2D eigenvalue weighted by molar-refractivity contribution is 5.98. The number of nitrogens with zero attached hydrogens (tertiary/aromatic N) is 1. The number of hydrogen-bond acceptors (Lipinski definition) is 3. The van der Waals surface area contributed by atoms with Crippen LogP contribution in [-0.4, -0.2) is 5.91 Å². The van der Waals surface area contributed by atoms with Gasteiger partial charge in [0.25, 0.3) is 5.91 Å². The lowest BCUT2D eigenvalue weighted by Crippen LogP contribution is -2.30. The molecule has 1 amide bonds. The normalized spacial score (nSPS) is 11.0. The highest BCUT2D eigenvalue weighted by Gasteiger charge is 2.19. The van der Waals surface area contributed by atoms with Crippen LogP contribution in [0.15, 0.2) is 96.7 Å². The molecule has 2 N–H and O–H groups in total. The van der Waals surface area contributed by atoms with E-state index in [4.69, 9.17) is 0 Å². The zero-order chi connectivity index (χ0) is 20.5. The molecule has 144 valence electrons. The van der Waals surface area contributed by atoms with Gasteiger partial charge in [0.2, 0.25) is 0 Å². The van der Waals surface area contributed by atoms with E-state index in [2.05, 4.69) is 17.6 Å². The Morgan fingerprint density at radius 1 is 0.931 bits per heavy atom. The fourth-order valence-electron chi connectivity index (χ4n) is 3.00. The fraction of sp³-hybridized carbons (Fsp3) is 0.120. The minimum absolute atomic E-state index is 0.0152. The van der Waals surface area contributed by atoms with Crippen molar-refractivity contribution in [3.63, 3.8) is 0 Å². The maximum atomic E-state index is 12.8. The molecule has 4 nitrogen and oxygen atoms in total. The first-order chi connectivity index (χ1) is 14.2. The molecule has 0 unspecified atom stereocenters. The number of amides is 1. The topological polar surface area (TPSA) is 64.9 Å². The van der Waals surface area contributed by atoms with Gasteiger partial charge in [-0.1, -0.05) is 79.7 Å². The largest absolute Gasteiger partial charge is 0.360 e. The van der Waals surface area contributed by atoms with Gasteiger partial charge in [-0.3, -0.25) is 4.79 Å². The summed E-state index contributed by atoms with van der Waals surface area (Å²) in [6.07, 6.45) is 2.41. The summed E-state index contributed by atoms with van der Waals surface area (Å²) < 4.78 is 0. The molecule has 0 atom stereocenters. The van der Waals surface area contributed by atoms with Gasteiger partial charge in [0.15, 0.2) is 0 Å². The van der Waals surface area contributed by atoms with Gasteiger partial charge in [-0.15, -0.1) is 0 Å². The molecule has 0 bridgehead atoms. The third-order valence-corrected chi connectivity index (χ3v) is 4.65. The zero-order valence-corrected chi connectivity index (χ0v) is 16.3. The first-order valence-corrected chi connectivity index (χ1v) is 9.57. The van der Waals surface area contributed by atoms with Crippen molar-refractivity contribution in [3.8, 4) is 6.07 Å². The number of carbonyl (C=O) groups excluding carboxylic acids is 1. The molecule has 0 aliphatic carbocycles. The third kappa shape index (κ3) is 5.33. The van der Waals surface area contributed by atoms with Gasteiger partial charge in [0, 0.05) is 11.9 Å². The van der Waals surface area contributed by atoms with Gasteiger partial charge in [0.1, 0.15) is 11.6 Å². The molecule has 4 heteroatoms. The molecular formula is C25H23N3O. The molecule has 3 rings (SSSR count). The highest BCUT2D eigenvalue weighted by atomic mass is 16.1. The van der Waals surface area contributed by atoms with Crippen LogP contribution < -0.4 is 10.6 Å². The summed E-state index contributed by atoms with van der Waals surface area (Å²) in [5.41, 5.74) is 3.97. The van der Waals surface area contributed by atoms with E-state index in [1.54, 1.807) is 0 Å². The summed E-state index contributed by atoms with van der Waals surface area (Å²) in [5, 5.41) is 15.5. The average molecular weight is 381 g/mol. The summed E-state index contributed by atoms with van der Waals surface area (Å²) in [6.45, 7) is 2.09.